The highest BCUT2D eigenvalue weighted by Crippen LogP contribution is 2.26. The van der Waals surface area contributed by atoms with Gasteiger partial charge in [-0.2, -0.15) is 0 Å². The summed E-state index contributed by atoms with van der Waals surface area (Å²) in [6, 6.07) is 3.25. The van der Waals surface area contributed by atoms with Gasteiger partial charge in [-0.05, 0) is 12.1 Å². The van der Waals surface area contributed by atoms with Crippen molar-refractivity contribution in [1.29, 1.82) is 0 Å². The molecule has 1 aromatic heterocycles. The zero-order valence-electron chi connectivity index (χ0n) is 9.54. The third-order valence-electron chi connectivity index (χ3n) is 2.72. The zero-order chi connectivity index (χ0) is 13.3. The van der Waals surface area contributed by atoms with E-state index in [1.54, 1.807) is 12.1 Å². The van der Waals surface area contributed by atoms with Gasteiger partial charge in [-0.15, -0.1) is 0 Å². The molecule has 2 heterocycles. The molecule has 1 saturated heterocycles. The number of pyridine rings is 1. The van der Waals surface area contributed by atoms with Crippen LogP contribution in [0.3, 0.4) is 0 Å². The predicted molar refractivity (Wildman–Crippen MR) is 66.3 cm³/mol. The topological polar surface area (TPSA) is 76.6 Å². The van der Waals surface area contributed by atoms with E-state index < -0.39 is 14.3 Å². The third-order valence-corrected chi connectivity index (χ3v) is 4.59. The second-order valence-electron chi connectivity index (χ2n) is 3.86. The number of aromatic nitrogens is 1. The average molecular weight is 291 g/mol. The fourth-order valence-corrected chi connectivity index (χ4v) is 2.76. The normalized spacial score (nSPS) is 20.2. The Hall–Kier alpha value is -1.34. The minimum Gasteiger partial charge on any atom is -0.495 e. The van der Waals surface area contributed by atoms with Gasteiger partial charge in [0.25, 0.3) is 0 Å². The second kappa shape index (κ2) is 4.74. The second-order valence-corrected chi connectivity index (χ2v) is 6.77. The first-order chi connectivity index (χ1) is 8.41. The molecule has 1 unspecified atom stereocenters. The Morgan fingerprint density at radius 2 is 2.22 bits per heavy atom. The Morgan fingerprint density at radius 1 is 1.50 bits per heavy atom. The van der Waals surface area contributed by atoms with Crippen molar-refractivity contribution in [3.8, 4) is 5.75 Å². The third kappa shape index (κ3) is 2.56. The molecule has 1 aliphatic heterocycles. The van der Waals surface area contributed by atoms with Gasteiger partial charge >= 0.3 is 0 Å². The molecule has 6 nitrogen and oxygen atoms in total. The van der Waals surface area contributed by atoms with E-state index in [-0.39, 0.29) is 18.9 Å². The van der Waals surface area contributed by atoms with Gasteiger partial charge < -0.3 is 4.74 Å². The number of hydrogen-bond acceptors (Lipinski definition) is 5. The van der Waals surface area contributed by atoms with Crippen molar-refractivity contribution in [2.75, 3.05) is 18.6 Å². The summed E-state index contributed by atoms with van der Waals surface area (Å²) in [7, 11) is 3.03. The van der Waals surface area contributed by atoms with E-state index in [1.807, 2.05) is 0 Å². The summed E-state index contributed by atoms with van der Waals surface area (Å²) in [5.41, 5.74) is 0. The van der Waals surface area contributed by atoms with Crippen LogP contribution >= 0.6 is 10.7 Å². The van der Waals surface area contributed by atoms with Gasteiger partial charge in [0, 0.05) is 23.6 Å². The Bertz CT molecular complexity index is 558. The predicted octanol–water partition coefficient (Wildman–Crippen LogP) is 0.764. The van der Waals surface area contributed by atoms with Crippen molar-refractivity contribution < 1.29 is 17.9 Å². The Kier molecular flexibility index (Phi) is 3.45. The van der Waals surface area contributed by atoms with E-state index in [4.69, 9.17) is 15.4 Å². The molecule has 1 amide bonds. The van der Waals surface area contributed by atoms with Gasteiger partial charge in [0.2, 0.25) is 15.0 Å². The van der Waals surface area contributed by atoms with Crippen LogP contribution in [0.4, 0.5) is 5.82 Å². The van der Waals surface area contributed by atoms with Crippen molar-refractivity contribution >= 4 is 31.5 Å². The Balaban J connectivity index is 2.21. The zero-order valence-corrected chi connectivity index (χ0v) is 11.1. The van der Waals surface area contributed by atoms with Crippen LogP contribution in [0.5, 0.6) is 5.75 Å². The molecule has 1 atom stereocenters. The van der Waals surface area contributed by atoms with Crippen LogP contribution in [-0.2, 0) is 13.8 Å². The van der Waals surface area contributed by atoms with E-state index in [9.17, 15) is 13.2 Å². The number of nitrogens with zero attached hydrogens (tertiary/aromatic N) is 2. The van der Waals surface area contributed by atoms with Gasteiger partial charge in [0.15, 0.2) is 0 Å². The van der Waals surface area contributed by atoms with Crippen molar-refractivity contribution in [3.05, 3.63) is 18.3 Å². The van der Waals surface area contributed by atoms with Crippen LogP contribution in [0.2, 0.25) is 0 Å². The summed E-state index contributed by atoms with van der Waals surface area (Å²) >= 11 is 0. The lowest BCUT2D eigenvalue weighted by molar-refractivity contribution is -0.117. The number of carbonyl (C=O) groups is 1. The van der Waals surface area contributed by atoms with Crippen molar-refractivity contribution in [2.45, 2.75) is 11.7 Å². The molecule has 0 N–H and O–H groups in total. The lowest BCUT2D eigenvalue weighted by Gasteiger charge is -2.14. The summed E-state index contributed by atoms with van der Waals surface area (Å²) in [5, 5.41) is -0.879. The summed E-state index contributed by atoms with van der Waals surface area (Å²) in [5.74, 6) is 0.650. The number of methoxy groups -OCH3 is 1. The van der Waals surface area contributed by atoms with E-state index >= 15 is 0 Å². The highest BCUT2D eigenvalue weighted by atomic mass is 35.7. The molecule has 0 radical (unpaired) electrons. The monoisotopic (exact) mass is 290 g/mol. The molecule has 0 spiro atoms. The van der Waals surface area contributed by atoms with E-state index in [0.717, 1.165) is 0 Å². The first kappa shape index (κ1) is 13.1. The molecule has 1 aromatic rings. The fraction of sp³-hybridized carbons (Fsp3) is 0.400. The molecule has 18 heavy (non-hydrogen) atoms. The first-order valence-electron chi connectivity index (χ1n) is 5.15. The number of halogens is 1. The largest absolute Gasteiger partial charge is 0.495 e. The maximum absolute atomic E-state index is 11.7. The van der Waals surface area contributed by atoms with Crippen molar-refractivity contribution in [2.24, 2.45) is 0 Å². The molecule has 8 heteroatoms. The number of carbonyl (C=O) groups excluding carboxylic acids is 1. The Labute approximate surface area is 109 Å². The highest BCUT2D eigenvalue weighted by molar-refractivity contribution is 8.14. The number of anilines is 1. The van der Waals surface area contributed by atoms with Crippen LogP contribution < -0.4 is 9.64 Å². The van der Waals surface area contributed by atoms with Crippen LogP contribution in [-0.4, -0.2) is 38.2 Å². The summed E-state index contributed by atoms with van der Waals surface area (Å²) in [6.07, 6.45) is 1.35. The molecule has 2 rings (SSSR count). The number of hydrogen-bond donors (Lipinski definition) is 0. The minimum absolute atomic E-state index is 0.0317. The van der Waals surface area contributed by atoms with Crippen LogP contribution in [0.1, 0.15) is 6.42 Å². The van der Waals surface area contributed by atoms with Crippen LogP contribution in [0.25, 0.3) is 0 Å². The molecule has 0 saturated carbocycles. The van der Waals surface area contributed by atoms with Crippen LogP contribution in [0.15, 0.2) is 18.3 Å². The molecule has 1 fully saturated rings. The fourth-order valence-electron chi connectivity index (χ4n) is 1.74. The lowest BCUT2D eigenvalue weighted by atomic mass is 10.4. The van der Waals surface area contributed by atoms with Crippen LogP contribution in [0, 0.1) is 0 Å². The standard InChI is InChI=1S/C10H11ClN2O4S/c1-17-7-2-3-9(12-5-7)13-6-8(4-10(13)14)18(11,15)16/h2-3,5,8H,4,6H2,1H3. The minimum atomic E-state index is -3.73. The Morgan fingerprint density at radius 3 is 2.67 bits per heavy atom. The van der Waals surface area contributed by atoms with Gasteiger partial charge in [-0.25, -0.2) is 13.4 Å². The quantitative estimate of drug-likeness (QED) is 0.768. The molecule has 1 aliphatic rings. The number of rotatable bonds is 3. The molecule has 0 aromatic carbocycles. The molecular formula is C10H11ClN2O4S. The summed E-state index contributed by atoms with van der Waals surface area (Å²) in [4.78, 5) is 17.1. The maximum Gasteiger partial charge on any atom is 0.237 e. The molecular weight excluding hydrogens is 280 g/mol. The van der Waals surface area contributed by atoms with Crippen molar-refractivity contribution in [3.63, 3.8) is 0 Å². The van der Waals surface area contributed by atoms with Gasteiger partial charge in [0.05, 0.1) is 13.3 Å². The van der Waals surface area contributed by atoms with Crippen molar-refractivity contribution in [1.82, 2.24) is 4.98 Å². The SMILES string of the molecule is COc1ccc(N2CC(S(=O)(=O)Cl)CC2=O)nc1. The average Bonchev–Trinajstić information content (AvgIpc) is 2.71. The van der Waals surface area contributed by atoms with Gasteiger partial charge in [-0.3, -0.25) is 9.69 Å². The maximum atomic E-state index is 11.7. The molecule has 0 bridgehead atoms. The first-order valence-corrected chi connectivity index (χ1v) is 7.53. The highest BCUT2D eigenvalue weighted by Gasteiger charge is 2.38. The number of ether oxygens (including phenoxy) is 1. The summed E-state index contributed by atoms with van der Waals surface area (Å²) < 4.78 is 27.4. The molecule has 0 aliphatic carbocycles. The smallest absolute Gasteiger partial charge is 0.237 e. The summed E-state index contributed by atoms with van der Waals surface area (Å²) in [6.45, 7) is 0.0317. The van der Waals surface area contributed by atoms with E-state index in [2.05, 4.69) is 4.98 Å². The lowest BCUT2D eigenvalue weighted by Crippen LogP contribution is -2.27. The van der Waals surface area contributed by atoms with Gasteiger partial charge in [0.1, 0.15) is 16.8 Å². The number of amides is 1. The van der Waals surface area contributed by atoms with E-state index in [1.165, 1.54) is 18.2 Å². The molecule has 98 valence electrons. The van der Waals surface area contributed by atoms with E-state index in [0.29, 0.717) is 11.6 Å². The van der Waals surface area contributed by atoms with Gasteiger partial charge in [-0.1, -0.05) is 0 Å².